The van der Waals surface area contributed by atoms with Crippen LogP contribution >= 0.6 is 11.6 Å². The van der Waals surface area contributed by atoms with E-state index in [1.165, 1.54) is 24.5 Å². The highest BCUT2D eigenvalue weighted by molar-refractivity contribution is 6.31. The zero-order chi connectivity index (χ0) is 21.3. The van der Waals surface area contributed by atoms with Crippen molar-refractivity contribution in [1.82, 2.24) is 14.6 Å². The first-order valence-corrected chi connectivity index (χ1v) is 9.37. The minimum Gasteiger partial charge on any atom is -0.382 e. The smallest absolute Gasteiger partial charge is 0.323 e. The Morgan fingerprint density at radius 2 is 1.87 bits per heavy atom. The van der Waals surface area contributed by atoms with Gasteiger partial charge in [0.25, 0.3) is 0 Å². The van der Waals surface area contributed by atoms with Gasteiger partial charge in [-0.2, -0.15) is 5.10 Å². The molecule has 0 aliphatic heterocycles. The summed E-state index contributed by atoms with van der Waals surface area (Å²) >= 11 is 5.73. The number of fused-ring (bicyclic) bond motifs is 1. The molecule has 2 aromatic heterocycles. The van der Waals surface area contributed by atoms with Crippen LogP contribution in [0.25, 0.3) is 16.6 Å². The number of carbonyl (C=O) groups excluding carboxylic acids is 1. The van der Waals surface area contributed by atoms with Gasteiger partial charge in [-0.25, -0.2) is 18.7 Å². The van der Waals surface area contributed by atoms with Crippen LogP contribution in [0.1, 0.15) is 5.56 Å². The molecule has 0 bridgehead atoms. The van der Waals surface area contributed by atoms with Gasteiger partial charge in [0.05, 0.1) is 5.02 Å². The molecule has 0 aliphatic carbocycles. The molecular weight excluding hydrogens is 407 g/mol. The topological polar surface area (TPSA) is 97.3 Å². The summed E-state index contributed by atoms with van der Waals surface area (Å²) in [5.74, 6) is -0.177. The summed E-state index contributed by atoms with van der Waals surface area (Å²) in [6.07, 6.45) is 3.84. The monoisotopic (exact) mass is 423 g/mol. The Bertz CT molecular complexity index is 1240. The average molecular weight is 424 g/mol. The number of carbonyl (C=O) groups is 1. The van der Waals surface area contributed by atoms with Crippen LogP contribution in [0.2, 0.25) is 5.02 Å². The molecule has 1 radical (unpaired) electrons. The zero-order valence-electron chi connectivity index (χ0n) is 15.7. The van der Waals surface area contributed by atoms with Gasteiger partial charge in [-0.3, -0.25) is 0 Å². The molecule has 2 heterocycles. The lowest BCUT2D eigenvalue weighted by atomic mass is 10.0. The molecule has 2 aromatic carbocycles. The number of nitrogens with one attached hydrogen (secondary N) is 2. The Labute approximate surface area is 176 Å². The lowest BCUT2D eigenvalue weighted by molar-refractivity contribution is 0.262. The van der Waals surface area contributed by atoms with Crippen LogP contribution in [-0.2, 0) is 6.42 Å². The van der Waals surface area contributed by atoms with E-state index in [-0.39, 0.29) is 5.02 Å². The van der Waals surface area contributed by atoms with Gasteiger partial charge < -0.3 is 16.4 Å². The lowest BCUT2D eigenvalue weighted by Crippen LogP contribution is -2.19. The van der Waals surface area contributed by atoms with E-state index in [4.69, 9.17) is 17.3 Å². The molecular formula is C21H17ClFN6O. The molecule has 4 aromatic rings. The van der Waals surface area contributed by atoms with Gasteiger partial charge >= 0.3 is 6.03 Å². The number of benzene rings is 2. The second-order valence-corrected chi connectivity index (χ2v) is 6.91. The van der Waals surface area contributed by atoms with Gasteiger partial charge in [0.1, 0.15) is 17.7 Å². The molecule has 4 N–H and O–H groups in total. The number of anilines is 3. The molecule has 9 heteroatoms. The highest BCUT2D eigenvalue weighted by Gasteiger charge is 2.15. The third-order valence-corrected chi connectivity index (χ3v) is 4.85. The molecule has 30 heavy (non-hydrogen) atoms. The number of nitrogens with two attached hydrogens (primary N) is 1. The van der Waals surface area contributed by atoms with Crippen LogP contribution in [0.15, 0.2) is 55.0 Å². The van der Waals surface area contributed by atoms with E-state index in [0.717, 1.165) is 16.7 Å². The summed E-state index contributed by atoms with van der Waals surface area (Å²) in [7, 11) is 0. The fourth-order valence-electron chi connectivity index (χ4n) is 3.18. The van der Waals surface area contributed by atoms with Crippen LogP contribution in [0, 0.1) is 12.7 Å². The SMILES string of the molecule is [CH2]Cc1cn2ncnc(N)c2c1-c1ccc(NC(=O)Nc2ccc(F)c(Cl)c2)cc1. The van der Waals surface area contributed by atoms with Crippen LogP contribution in [-0.4, -0.2) is 20.6 Å². The number of nitrogens with zero attached hydrogens (tertiary/aromatic N) is 3. The van der Waals surface area contributed by atoms with Crippen molar-refractivity contribution in [3.05, 3.63) is 78.3 Å². The van der Waals surface area contributed by atoms with Crippen molar-refractivity contribution in [2.45, 2.75) is 6.42 Å². The standard InChI is InChI=1S/C21H17ClFN6O/c1-2-12-10-29-19(20(24)25-11-26-29)18(12)13-3-5-14(6-4-13)27-21(30)28-15-7-8-17(23)16(22)9-15/h3-11H,1-2H2,(H2,24,25,26)(H2,27,28,30). The Balaban J connectivity index is 1.55. The molecule has 0 unspecified atom stereocenters. The van der Waals surface area contributed by atoms with E-state index in [1.54, 1.807) is 16.6 Å². The maximum Gasteiger partial charge on any atom is 0.323 e. The van der Waals surface area contributed by atoms with Crippen molar-refractivity contribution < 1.29 is 9.18 Å². The number of nitrogen functional groups attached to an aromatic ring is 1. The second-order valence-electron chi connectivity index (χ2n) is 6.50. The number of halogens is 2. The van der Waals surface area contributed by atoms with Crippen molar-refractivity contribution in [3.63, 3.8) is 0 Å². The summed E-state index contributed by atoms with van der Waals surface area (Å²) in [5.41, 5.74) is 10.5. The fraction of sp³-hybridized carbons (Fsp3) is 0.0476. The molecule has 2 amide bonds. The van der Waals surface area contributed by atoms with E-state index >= 15 is 0 Å². The van der Waals surface area contributed by atoms with Crippen molar-refractivity contribution >= 4 is 40.3 Å². The van der Waals surface area contributed by atoms with Gasteiger partial charge in [-0.1, -0.05) is 23.7 Å². The first kappa shape index (κ1) is 19.7. The first-order chi connectivity index (χ1) is 14.5. The molecule has 0 spiro atoms. The van der Waals surface area contributed by atoms with Gasteiger partial charge in [0.15, 0.2) is 5.82 Å². The maximum atomic E-state index is 13.2. The van der Waals surface area contributed by atoms with Crippen LogP contribution in [0.3, 0.4) is 0 Å². The largest absolute Gasteiger partial charge is 0.382 e. The first-order valence-electron chi connectivity index (χ1n) is 8.99. The fourth-order valence-corrected chi connectivity index (χ4v) is 3.36. The summed E-state index contributed by atoms with van der Waals surface area (Å²) in [5, 5.41) is 9.46. The summed E-state index contributed by atoms with van der Waals surface area (Å²) in [6, 6.07) is 10.7. The third kappa shape index (κ3) is 3.77. The number of aromatic nitrogens is 3. The highest BCUT2D eigenvalue weighted by atomic mass is 35.5. The van der Waals surface area contributed by atoms with E-state index in [1.807, 2.05) is 18.3 Å². The lowest BCUT2D eigenvalue weighted by Gasteiger charge is -2.10. The minimum atomic E-state index is -0.552. The van der Waals surface area contributed by atoms with E-state index in [0.29, 0.717) is 29.1 Å². The second kappa shape index (κ2) is 8.00. The molecule has 0 saturated carbocycles. The van der Waals surface area contributed by atoms with Crippen molar-refractivity contribution in [2.75, 3.05) is 16.4 Å². The molecule has 0 atom stereocenters. The normalized spacial score (nSPS) is 10.9. The van der Waals surface area contributed by atoms with Crippen LogP contribution < -0.4 is 16.4 Å². The number of rotatable bonds is 4. The predicted octanol–water partition coefficient (Wildman–Crippen LogP) is 4.79. The molecule has 4 rings (SSSR count). The molecule has 7 nitrogen and oxygen atoms in total. The van der Waals surface area contributed by atoms with E-state index in [9.17, 15) is 9.18 Å². The van der Waals surface area contributed by atoms with E-state index in [2.05, 4.69) is 27.6 Å². The Morgan fingerprint density at radius 1 is 1.17 bits per heavy atom. The minimum absolute atomic E-state index is 0.0681. The Hall–Kier alpha value is -3.65. The van der Waals surface area contributed by atoms with Gasteiger partial charge in [0, 0.05) is 23.1 Å². The van der Waals surface area contributed by atoms with Crippen molar-refractivity contribution in [2.24, 2.45) is 0 Å². The van der Waals surface area contributed by atoms with Gasteiger partial charge in [0.2, 0.25) is 0 Å². The summed E-state index contributed by atoms with van der Waals surface area (Å²) in [4.78, 5) is 16.3. The summed E-state index contributed by atoms with van der Waals surface area (Å²) < 4.78 is 14.9. The molecule has 0 fully saturated rings. The molecule has 0 saturated heterocycles. The van der Waals surface area contributed by atoms with Crippen molar-refractivity contribution in [1.29, 1.82) is 0 Å². The molecule has 0 aliphatic rings. The number of urea groups is 1. The third-order valence-electron chi connectivity index (χ3n) is 4.56. The van der Waals surface area contributed by atoms with Crippen LogP contribution in [0.4, 0.5) is 26.4 Å². The average Bonchev–Trinajstić information content (AvgIpc) is 3.11. The Morgan fingerprint density at radius 3 is 2.57 bits per heavy atom. The highest BCUT2D eigenvalue weighted by Crippen LogP contribution is 2.33. The molecule has 151 valence electrons. The number of hydrogen-bond acceptors (Lipinski definition) is 4. The number of amides is 2. The van der Waals surface area contributed by atoms with Gasteiger partial charge in [-0.15, -0.1) is 0 Å². The Kier molecular flexibility index (Phi) is 5.24. The van der Waals surface area contributed by atoms with Crippen LogP contribution in [0.5, 0.6) is 0 Å². The maximum absolute atomic E-state index is 13.2. The predicted molar refractivity (Wildman–Crippen MR) is 116 cm³/mol. The summed E-state index contributed by atoms with van der Waals surface area (Å²) in [6.45, 7) is 3.97. The van der Waals surface area contributed by atoms with Crippen molar-refractivity contribution in [3.8, 4) is 11.1 Å². The number of hydrogen-bond donors (Lipinski definition) is 3. The van der Waals surface area contributed by atoms with E-state index < -0.39 is 11.8 Å². The van der Waals surface area contributed by atoms with Gasteiger partial charge in [-0.05, 0) is 54.8 Å². The quantitative estimate of drug-likeness (QED) is 0.439. The zero-order valence-corrected chi connectivity index (χ0v) is 16.4.